The Morgan fingerprint density at radius 3 is 2.75 bits per heavy atom. The van der Waals surface area contributed by atoms with Crippen LogP contribution in [0.25, 0.3) is 0 Å². The molecule has 1 aliphatic carbocycles. The van der Waals surface area contributed by atoms with Gasteiger partial charge in [-0.25, -0.2) is 13.2 Å². The average molecular weight is 463 g/mol. The lowest BCUT2D eigenvalue weighted by molar-refractivity contribution is -0.115. The predicted octanol–water partition coefficient (Wildman–Crippen LogP) is 3.23. The molecule has 9 nitrogen and oxygen atoms in total. The van der Waals surface area contributed by atoms with E-state index in [1.807, 2.05) is 13.0 Å². The zero-order valence-electron chi connectivity index (χ0n) is 18.3. The quantitative estimate of drug-likeness (QED) is 0.422. The molecule has 0 bridgehead atoms. The highest BCUT2D eigenvalue weighted by Gasteiger charge is 2.27. The first-order valence-corrected chi connectivity index (χ1v) is 12.6. The Hall–Kier alpha value is -2.88. The second kappa shape index (κ2) is 10.2. The van der Waals surface area contributed by atoms with Crippen LogP contribution in [0.4, 0.5) is 10.6 Å². The van der Waals surface area contributed by atoms with Gasteiger partial charge in [0.15, 0.2) is 15.7 Å². The summed E-state index contributed by atoms with van der Waals surface area (Å²) >= 11 is 0. The molecule has 2 atom stereocenters. The van der Waals surface area contributed by atoms with Gasteiger partial charge in [0.2, 0.25) is 5.91 Å². The zero-order chi connectivity index (χ0) is 23.3. The number of H-pyrrole nitrogens is 1. The van der Waals surface area contributed by atoms with Crippen molar-refractivity contribution in [1.82, 2.24) is 15.5 Å². The van der Waals surface area contributed by atoms with Gasteiger partial charge in [0, 0.05) is 30.5 Å². The Bertz CT molecular complexity index is 1080. The highest BCUT2D eigenvalue weighted by atomic mass is 32.2. The van der Waals surface area contributed by atoms with Gasteiger partial charge in [0.25, 0.3) is 0 Å². The summed E-state index contributed by atoms with van der Waals surface area (Å²) in [5.74, 6) is 0.980. The van der Waals surface area contributed by atoms with Crippen molar-refractivity contribution in [1.29, 1.82) is 0 Å². The van der Waals surface area contributed by atoms with E-state index in [0.717, 1.165) is 49.6 Å². The molecule has 0 aliphatic heterocycles. The summed E-state index contributed by atoms with van der Waals surface area (Å²) in [6.45, 7) is 2.32. The van der Waals surface area contributed by atoms with Gasteiger partial charge in [-0.2, -0.15) is 5.10 Å². The van der Waals surface area contributed by atoms with Crippen molar-refractivity contribution >= 4 is 27.7 Å². The lowest BCUT2D eigenvalue weighted by atomic mass is 9.98. The largest absolute Gasteiger partial charge is 0.465 e. The molecule has 2 aromatic rings. The molecule has 10 heteroatoms. The van der Waals surface area contributed by atoms with Crippen LogP contribution in [0, 0.1) is 12.8 Å². The molecule has 0 unspecified atom stereocenters. The van der Waals surface area contributed by atoms with Crippen molar-refractivity contribution < 1.29 is 23.1 Å². The first-order chi connectivity index (χ1) is 15.1. The molecule has 0 saturated heterocycles. The van der Waals surface area contributed by atoms with Crippen LogP contribution in [0.5, 0.6) is 0 Å². The van der Waals surface area contributed by atoms with Crippen LogP contribution >= 0.6 is 0 Å². The SMILES string of the molecule is Cc1ccc(S(C)(=O)=O)c(CC(=O)Nc2cc([C@H]3CC[C@H](CCCNC(=O)O)C3)[nH]n2)c1. The summed E-state index contributed by atoms with van der Waals surface area (Å²) in [6, 6.07) is 6.81. The van der Waals surface area contributed by atoms with E-state index in [4.69, 9.17) is 5.11 Å². The van der Waals surface area contributed by atoms with E-state index in [0.29, 0.717) is 29.8 Å². The number of rotatable bonds is 9. The molecule has 3 rings (SSSR count). The van der Waals surface area contributed by atoms with E-state index in [-0.39, 0.29) is 17.2 Å². The van der Waals surface area contributed by atoms with E-state index in [1.54, 1.807) is 12.1 Å². The first kappa shape index (κ1) is 23.8. The highest BCUT2D eigenvalue weighted by molar-refractivity contribution is 7.90. The summed E-state index contributed by atoms with van der Waals surface area (Å²) in [6.07, 6.45) is 5.00. The van der Waals surface area contributed by atoms with Crippen molar-refractivity contribution in [2.45, 2.75) is 56.3 Å². The minimum absolute atomic E-state index is 0.0534. The Morgan fingerprint density at radius 2 is 2.03 bits per heavy atom. The minimum Gasteiger partial charge on any atom is -0.465 e. The number of benzene rings is 1. The number of amides is 2. The topological polar surface area (TPSA) is 141 Å². The van der Waals surface area contributed by atoms with E-state index in [9.17, 15) is 18.0 Å². The van der Waals surface area contributed by atoms with E-state index in [1.165, 1.54) is 6.07 Å². The fourth-order valence-corrected chi connectivity index (χ4v) is 5.31. The molecule has 4 N–H and O–H groups in total. The maximum atomic E-state index is 12.5. The molecule has 1 heterocycles. The molecule has 1 aromatic heterocycles. The van der Waals surface area contributed by atoms with Crippen molar-refractivity contribution in [2.75, 3.05) is 18.1 Å². The van der Waals surface area contributed by atoms with Gasteiger partial charge in [0.1, 0.15) is 0 Å². The monoisotopic (exact) mass is 462 g/mol. The predicted molar refractivity (Wildman–Crippen MR) is 121 cm³/mol. The lowest BCUT2D eigenvalue weighted by Gasteiger charge is -2.10. The molecule has 1 aromatic carbocycles. The summed E-state index contributed by atoms with van der Waals surface area (Å²) in [5, 5.41) is 21.0. The number of hydrogen-bond donors (Lipinski definition) is 4. The second-order valence-corrected chi connectivity index (χ2v) is 10.6. The molecule has 174 valence electrons. The van der Waals surface area contributed by atoms with Crippen LogP contribution in [-0.2, 0) is 21.1 Å². The summed E-state index contributed by atoms with van der Waals surface area (Å²) in [7, 11) is -3.43. The molecule has 1 fully saturated rings. The number of anilines is 1. The van der Waals surface area contributed by atoms with Crippen molar-refractivity contribution in [3.8, 4) is 0 Å². The summed E-state index contributed by atoms with van der Waals surface area (Å²) in [5.41, 5.74) is 2.33. The van der Waals surface area contributed by atoms with Gasteiger partial charge in [-0.15, -0.1) is 0 Å². The first-order valence-electron chi connectivity index (χ1n) is 10.7. The fourth-order valence-electron chi connectivity index (χ4n) is 4.38. The van der Waals surface area contributed by atoms with Crippen molar-refractivity contribution in [3.05, 3.63) is 41.1 Å². The number of sulfone groups is 1. The maximum absolute atomic E-state index is 12.5. The second-order valence-electron chi connectivity index (χ2n) is 8.57. The van der Waals surface area contributed by atoms with Gasteiger partial charge in [0.05, 0.1) is 11.3 Å². The van der Waals surface area contributed by atoms with Crippen molar-refractivity contribution in [2.24, 2.45) is 5.92 Å². The molecule has 0 spiro atoms. The Labute approximate surface area is 187 Å². The Balaban J connectivity index is 1.54. The normalized spacial score (nSPS) is 18.4. The summed E-state index contributed by atoms with van der Waals surface area (Å²) in [4.78, 5) is 23.2. The van der Waals surface area contributed by atoms with Gasteiger partial charge >= 0.3 is 6.09 Å². The van der Waals surface area contributed by atoms with E-state index >= 15 is 0 Å². The maximum Gasteiger partial charge on any atom is 0.404 e. The minimum atomic E-state index is -3.43. The van der Waals surface area contributed by atoms with E-state index < -0.39 is 15.9 Å². The number of carbonyl (C=O) groups excluding carboxylic acids is 1. The molecule has 0 radical (unpaired) electrons. The molecular weight excluding hydrogens is 432 g/mol. The van der Waals surface area contributed by atoms with Crippen LogP contribution in [0.3, 0.4) is 0 Å². The van der Waals surface area contributed by atoms with Gasteiger partial charge in [-0.1, -0.05) is 17.7 Å². The number of carboxylic acid groups (broad SMARTS) is 1. The lowest BCUT2D eigenvalue weighted by Crippen LogP contribution is -2.22. The fraction of sp³-hybridized carbons (Fsp3) is 0.500. The van der Waals surface area contributed by atoms with Crippen molar-refractivity contribution in [3.63, 3.8) is 0 Å². The number of hydrogen-bond acceptors (Lipinski definition) is 5. The number of nitrogens with zero attached hydrogens (tertiary/aromatic N) is 1. The Morgan fingerprint density at radius 1 is 1.25 bits per heavy atom. The third-order valence-electron chi connectivity index (χ3n) is 5.88. The standard InChI is InChI=1S/C22H30N4O5S/c1-14-5-8-19(32(2,30)31)17(10-14)12-21(27)24-20-13-18(25-26-20)16-7-6-15(11-16)4-3-9-23-22(28)29/h5,8,10,13,15-16,23H,3-4,6-7,9,11-12H2,1-2H3,(H,28,29)(H2,24,25,26,27)/t15-,16-/m0/s1. The molecule has 1 saturated carbocycles. The molecule has 32 heavy (non-hydrogen) atoms. The van der Waals surface area contributed by atoms with Crippen LogP contribution in [0.2, 0.25) is 0 Å². The summed E-state index contributed by atoms with van der Waals surface area (Å²) < 4.78 is 24.0. The average Bonchev–Trinajstić information content (AvgIpc) is 3.33. The smallest absolute Gasteiger partial charge is 0.404 e. The number of aryl methyl sites for hydroxylation is 1. The van der Waals surface area contributed by atoms with Crippen LogP contribution < -0.4 is 10.6 Å². The molecular formula is C22H30N4O5S. The van der Waals surface area contributed by atoms with Crippen LogP contribution in [-0.4, -0.2) is 48.5 Å². The number of nitrogens with one attached hydrogen (secondary N) is 3. The van der Waals surface area contributed by atoms with E-state index in [2.05, 4.69) is 20.8 Å². The number of aromatic nitrogens is 2. The van der Waals surface area contributed by atoms with Gasteiger partial charge in [-0.05, 0) is 56.6 Å². The third kappa shape index (κ3) is 6.56. The van der Waals surface area contributed by atoms with Gasteiger partial charge in [-0.3, -0.25) is 9.89 Å². The number of carbonyl (C=O) groups is 2. The highest BCUT2D eigenvalue weighted by Crippen LogP contribution is 2.40. The van der Waals surface area contributed by atoms with Gasteiger partial charge < -0.3 is 15.7 Å². The number of aromatic amines is 1. The Kier molecular flexibility index (Phi) is 7.55. The van der Waals surface area contributed by atoms with Crippen LogP contribution in [0.15, 0.2) is 29.2 Å². The third-order valence-corrected chi connectivity index (χ3v) is 7.08. The zero-order valence-corrected chi connectivity index (χ0v) is 19.2. The molecule has 2 amide bonds. The van der Waals surface area contributed by atoms with Crippen LogP contribution in [0.1, 0.15) is 54.8 Å². The molecule has 1 aliphatic rings.